The number of methoxy groups -OCH3 is 1. The molecule has 21 heavy (non-hydrogen) atoms. The predicted molar refractivity (Wildman–Crippen MR) is 79.6 cm³/mol. The maximum Gasteiger partial charge on any atom is 0.310 e. The zero-order valence-corrected chi connectivity index (χ0v) is 13.0. The van der Waals surface area contributed by atoms with Crippen LogP contribution in [0.1, 0.15) is 24.1 Å². The Labute approximate surface area is 125 Å². The number of benzene rings is 1. The molecule has 2 rings (SSSR count). The normalized spacial score (nSPS) is 23.3. The molecular formula is C16H23NO4. The van der Waals surface area contributed by atoms with E-state index in [1.54, 1.807) is 7.11 Å². The van der Waals surface area contributed by atoms with Gasteiger partial charge in [0.2, 0.25) is 0 Å². The molecular weight excluding hydrogens is 270 g/mol. The first-order valence-corrected chi connectivity index (χ1v) is 7.12. The van der Waals surface area contributed by atoms with Crippen molar-refractivity contribution < 1.29 is 19.4 Å². The van der Waals surface area contributed by atoms with Gasteiger partial charge in [-0.3, -0.25) is 9.69 Å². The SMILES string of the molecule is COc1ccc(C)cc1C(C)N(C)C1COCC1C(=O)O. The van der Waals surface area contributed by atoms with Crippen LogP contribution in [0.4, 0.5) is 0 Å². The summed E-state index contributed by atoms with van der Waals surface area (Å²) < 4.78 is 10.8. The van der Waals surface area contributed by atoms with Gasteiger partial charge >= 0.3 is 5.97 Å². The Hall–Kier alpha value is -1.59. The Morgan fingerprint density at radius 3 is 2.81 bits per heavy atom. The minimum absolute atomic E-state index is 0.0494. The molecule has 0 aromatic heterocycles. The van der Waals surface area contributed by atoms with Crippen molar-refractivity contribution in [2.24, 2.45) is 5.92 Å². The second kappa shape index (κ2) is 6.45. The molecule has 5 heteroatoms. The second-order valence-corrected chi connectivity index (χ2v) is 5.64. The van der Waals surface area contributed by atoms with Gasteiger partial charge in [0.25, 0.3) is 0 Å². The summed E-state index contributed by atoms with van der Waals surface area (Å²) in [6, 6.07) is 5.98. The molecule has 3 unspecified atom stereocenters. The van der Waals surface area contributed by atoms with Crippen LogP contribution in [0.25, 0.3) is 0 Å². The summed E-state index contributed by atoms with van der Waals surface area (Å²) in [4.78, 5) is 13.4. The van der Waals surface area contributed by atoms with Crippen LogP contribution in [-0.2, 0) is 9.53 Å². The van der Waals surface area contributed by atoms with Crippen LogP contribution in [0.3, 0.4) is 0 Å². The fourth-order valence-electron chi connectivity index (χ4n) is 2.87. The van der Waals surface area contributed by atoms with Crippen molar-refractivity contribution in [1.29, 1.82) is 0 Å². The van der Waals surface area contributed by atoms with Crippen LogP contribution >= 0.6 is 0 Å². The molecule has 1 saturated heterocycles. The average molecular weight is 293 g/mol. The number of ether oxygens (including phenoxy) is 2. The summed E-state index contributed by atoms with van der Waals surface area (Å²) in [5.41, 5.74) is 2.22. The first-order valence-electron chi connectivity index (χ1n) is 7.12. The van der Waals surface area contributed by atoms with E-state index in [4.69, 9.17) is 9.47 Å². The number of hydrogen-bond acceptors (Lipinski definition) is 4. The highest BCUT2D eigenvalue weighted by Gasteiger charge is 2.38. The number of carbonyl (C=O) groups is 1. The maximum atomic E-state index is 11.3. The van der Waals surface area contributed by atoms with E-state index < -0.39 is 11.9 Å². The van der Waals surface area contributed by atoms with Gasteiger partial charge in [-0.2, -0.15) is 0 Å². The van der Waals surface area contributed by atoms with E-state index in [1.807, 2.05) is 26.1 Å². The zero-order valence-electron chi connectivity index (χ0n) is 13.0. The number of rotatable bonds is 5. The van der Waals surface area contributed by atoms with Gasteiger partial charge < -0.3 is 14.6 Å². The average Bonchev–Trinajstić information content (AvgIpc) is 2.95. The van der Waals surface area contributed by atoms with Crippen LogP contribution in [0.2, 0.25) is 0 Å². The molecule has 0 radical (unpaired) electrons. The van der Waals surface area contributed by atoms with E-state index in [0.29, 0.717) is 6.61 Å². The number of aryl methyl sites for hydroxylation is 1. The second-order valence-electron chi connectivity index (χ2n) is 5.64. The van der Waals surface area contributed by atoms with E-state index in [9.17, 15) is 9.90 Å². The zero-order chi connectivity index (χ0) is 15.6. The van der Waals surface area contributed by atoms with E-state index >= 15 is 0 Å². The van der Waals surface area contributed by atoms with Gasteiger partial charge in [0.1, 0.15) is 5.75 Å². The number of carboxylic acids is 1. The highest BCUT2D eigenvalue weighted by Crippen LogP contribution is 2.33. The molecule has 0 amide bonds. The van der Waals surface area contributed by atoms with Gasteiger partial charge in [-0.15, -0.1) is 0 Å². The van der Waals surface area contributed by atoms with Crippen LogP contribution in [-0.4, -0.2) is 49.4 Å². The third kappa shape index (κ3) is 3.19. The number of aliphatic carboxylic acids is 1. The Bertz CT molecular complexity index is 517. The quantitative estimate of drug-likeness (QED) is 0.901. The largest absolute Gasteiger partial charge is 0.496 e. The fraction of sp³-hybridized carbons (Fsp3) is 0.562. The van der Waals surface area contributed by atoms with Crippen molar-refractivity contribution >= 4 is 5.97 Å². The van der Waals surface area contributed by atoms with Gasteiger partial charge in [0.15, 0.2) is 0 Å². The van der Waals surface area contributed by atoms with E-state index in [1.165, 1.54) is 0 Å². The van der Waals surface area contributed by atoms with Gasteiger partial charge in [-0.1, -0.05) is 17.7 Å². The standard InChI is InChI=1S/C16H23NO4/c1-10-5-6-15(20-4)12(7-10)11(2)17(3)14-9-21-8-13(14)16(18)19/h5-7,11,13-14H,8-9H2,1-4H3,(H,18,19). The molecule has 0 spiro atoms. The molecule has 3 atom stereocenters. The lowest BCUT2D eigenvalue weighted by molar-refractivity contribution is -0.143. The van der Waals surface area contributed by atoms with Gasteiger partial charge in [0.05, 0.1) is 26.2 Å². The van der Waals surface area contributed by atoms with Crippen molar-refractivity contribution in [1.82, 2.24) is 4.90 Å². The Morgan fingerprint density at radius 2 is 2.19 bits per heavy atom. The van der Waals surface area contributed by atoms with Crippen molar-refractivity contribution in [2.45, 2.75) is 25.9 Å². The Kier molecular flexibility index (Phi) is 4.85. The molecule has 1 aliphatic heterocycles. The molecule has 116 valence electrons. The minimum Gasteiger partial charge on any atom is -0.496 e. The molecule has 1 aromatic rings. The topological polar surface area (TPSA) is 59.0 Å². The molecule has 1 heterocycles. The molecule has 5 nitrogen and oxygen atoms in total. The monoisotopic (exact) mass is 293 g/mol. The Morgan fingerprint density at radius 1 is 1.48 bits per heavy atom. The number of hydrogen-bond donors (Lipinski definition) is 1. The number of carboxylic acid groups (broad SMARTS) is 1. The van der Waals surface area contributed by atoms with Crippen LogP contribution in [0.5, 0.6) is 5.75 Å². The van der Waals surface area contributed by atoms with Crippen molar-refractivity contribution in [3.05, 3.63) is 29.3 Å². The molecule has 1 aromatic carbocycles. The van der Waals surface area contributed by atoms with Crippen molar-refractivity contribution in [3.63, 3.8) is 0 Å². The van der Waals surface area contributed by atoms with Crippen LogP contribution in [0.15, 0.2) is 18.2 Å². The summed E-state index contributed by atoms with van der Waals surface area (Å²) >= 11 is 0. The molecule has 1 fully saturated rings. The minimum atomic E-state index is -0.798. The van der Waals surface area contributed by atoms with E-state index in [-0.39, 0.29) is 18.7 Å². The molecule has 0 saturated carbocycles. The van der Waals surface area contributed by atoms with Crippen LogP contribution < -0.4 is 4.74 Å². The lowest BCUT2D eigenvalue weighted by atomic mass is 9.97. The van der Waals surface area contributed by atoms with Gasteiger partial charge in [0, 0.05) is 17.6 Å². The van der Waals surface area contributed by atoms with Gasteiger partial charge in [-0.25, -0.2) is 0 Å². The fourth-order valence-corrected chi connectivity index (χ4v) is 2.87. The smallest absolute Gasteiger partial charge is 0.310 e. The third-order valence-corrected chi connectivity index (χ3v) is 4.34. The molecule has 0 bridgehead atoms. The third-order valence-electron chi connectivity index (χ3n) is 4.34. The summed E-state index contributed by atoms with van der Waals surface area (Å²) in [6.45, 7) is 4.83. The van der Waals surface area contributed by atoms with E-state index in [2.05, 4.69) is 17.9 Å². The maximum absolute atomic E-state index is 11.3. The van der Waals surface area contributed by atoms with Crippen molar-refractivity contribution in [2.75, 3.05) is 27.4 Å². The molecule has 1 aliphatic rings. The number of likely N-dealkylation sites (N-methyl/N-ethyl adjacent to an activating group) is 1. The summed E-state index contributed by atoms with van der Waals surface area (Å²) in [7, 11) is 3.60. The summed E-state index contributed by atoms with van der Waals surface area (Å²) in [6.07, 6.45) is 0. The van der Waals surface area contributed by atoms with Crippen LogP contribution in [0, 0.1) is 12.8 Å². The lowest BCUT2D eigenvalue weighted by Crippen LogP contribution is -2.42. The molecule has 1 N–H and O–H groups in total. The highest BCUT2D eigenvalue weighted by molar-refractivity contribution is 5.71. The Balaban J connectivity index is 2.24. The first-order chi connectivity index (χ1) is 9.95. The van der Waals surface area contributed by atoms with Crippen molar-refractivity contribution in [3.8, 4) is 5.75 Å². The number of nitrogens with zero attached hydrogens (tertiary/aromatic N) is 1. The van der Waals surface area contributed by atoms with Gasteiger partial charge in [-0.05, 0) is 27.0 Å². The molecule has 0 aliphatic carbocycles. The first kappa shape index (κ1) is 15.8. The predicted octanol–water partition coefficient (Wildman–Crippen LogP) is 2.10. The van der Waals surface area contributed by atoms with E-state index in [0.717, 1.165) is 16.9 Å². The summed E-state index contributed by atoms with van der Waals surface area (Å²) in [5.74, 6) is -0.452. The highest BCUT2D eigenvalue weighted by atomic mass is 16.5. The lowest BCUT2D eigenvalue weighted by Gasteiger charge is -2.33. The summed E-state index contributed by atoms with van der Waals surface area (Å²) in [5, 5.41) is 9.30.